The molecule has 2 heterocycles. The minimum absolute atomic E-state index is 0.152. The van der Waals surface area contributed by atoms with Crippen LogP contribution >= 0.6 is 0 Å². The highest BCUT2D eigenvalue weighted by molar-refractivity contribution is 7.89. The first-order valence-electron chi connectivity index (χ1n) is 10.2. The Bertz CT molecular complexity index is 1120. The molecule has 0 unspecified atom stereocenters. The third-order valence-corrected chi connectivity index (χ3v) is 7.35. The molecule has 0 radical (unpaired) electrons. The Morgan fingerprint density at radius 3 is 2.32 bits per heavy atom. The number of amides is 2. The van der Waals surface area contributed by atoms with Crippen molar-refractivity contribution < 1.29 is 18.0 Å². The molecule has 2 aromatic carbocycles. The van der Waals surface area contributed by atoms with Gasteiger partial charge in [0.15, 0.2) is 0 Å². The molecule has 0 bridgehead atoms. The van der Waals surface area contributed by atoms with Crippen LogP contribution in [0.15, 0.2) is 64.6 Å². The molecule has 4 rings (SSSR count). The standard InChI is InChI=1S/C22H24N4O4S/c1-17-6-5-7-18(16-17)26-21(27)11-10-20(23-26)22(28)24-12-14-25(15-13-24)31(29,30)19-8-3-2-4-9-19/h2-9,16H,10-15H2,1H3. The topological polar surface area (TPSA) is 90.4 Å². The summed E-state index contributed by atoms with van der Waals surface area (Å²) in [5.41, 5.74) is 1.95. The maximum Gasteiger partial charge on any atom is 0.270 e. The van der Waals surface area contributed by atoms with Crippen LogP contribution in [-0.2, 0) is 19.6 Å². The highest BCUT2D eigenvalue weighted by Crippen LogP contribution is 2.23. The number of rotatable bonds is 4. The van der Waals surface area contributed by atoms with Crippen molar-refractivity contribution in [2.24, 2.45) is 5.10 Å². The molecule has 0 N–H and O–H groups in total. The van der Waals surface area contributed by atoms with E-state index in [9.17, 15) is 18.0 Å². The number of nitrogens with zero attached hydrogens (tertiary/aromatic N) is 4. The monoisotopic (exact) mass is 440 g/mol. The van der Waals surface area contributed by atoms with Gasteiger partial charge in [-0.15, -0.1) is 0 Å². The summed E-state index contributed by atoms with van der Waals surface area (Å²) in [7, 11) is -3.58. The third kappa shape index (κ3) is 4.38. The number of piperazine rings is 1. The van der Waals surface area contributed by atoms with E-state index < -0.39 is 10.0 Å². The van der Waals surface area contributed by atoms with Crippen molar-refractivity contribution in [3.63, 3.8) is 0 Å². The molecule has 2 amide bonds. The average Bonchev–Trinajstić information content (AvgIpc) is 2.79. The molecule has 1 fully saturated rings. The summed E-state index contributed by atoms with van der Waals surface area (Å²) < 4.78 is 27.0. The number of hydrogen-bond donors (Lipinski definition) is 0. The number of aryl methyl sites for hydroxylation is 1. The Labute approximate surface area is 181 Å². The van der Waals surface area contributed by atoms with Crippen molar-refractivity contribution >= 4 is 33.2 Å². The van der Waals surface area contributed by atoms with Crippen molar-refractivity contribution in [2.45, 2.75) is 24.7 Å². The van der Waals surface area contributed by atoms with Gasteiger partial charge in [0.25, 0.3) is 5.91 Å². The Kier molecular flexibility index (Phi) is 5.88. The van der Waals surface area contributed by atoms with Gasteiger partial charge in [0, 0.05) is 39.0 Å². The fourth-order valence-electron chi connectivity index (χ4n) is 3.72. The second-order valence-corrected chi connectivity index (χ2v) is 9.54. The van der Waals surface area contributed by atoms with E-state index in [1.165, 1.54) is 9.31 Å². The number of hydrazone groups is 1. The number of carbonyl (C=O) groups excluding carboxylic acids is 2. The van der Waals surface area contributed by atoms with Crippen molar-refractivity contribution in [1.29, 1.82) is 0 Å². The van der Waals surface area contributed by atoms with Crippen molar-refractivity contribution in [3.8, 4) is 0 Å². The predicted octanol–water partition coefficient (Wildman–Crippen LogP) is 2.01. The van der Waals surface area contributed by atoms with Gasteiger partial charge in [0.05, 0.1) is 10.6 Å². The van der Waals surface area contributed by atoms with Crippen LogP contribution in [0.5, 0.6) is 0 Å². The quantitative estimate of drug-likeness (QED) is 0.727. The number of hydrogen-bond acceptors (Lipinski definition) is 5. The summed E-state index contributed by atoms with van der Waals surface area (Å²) in [5.74, 6) is -0.400. The van der Waals surface area contributed by atoms with Gasteiger partial charge < -0.3 is 4.90 Å². The summed E-state index contributed by atoms with van der Waals surface area (Å²) in [6.07, 6.45) is 0.489. The van der Waals surface area contributed by atoms with Crippen LogP contribution in [0.4, 0.5) is 5.69 Å². The van der Waals surface area contributed by atoms with Crippen molar-refractivity contribution in [3.05, 3.63) is 60.2 Å². The van der Waals surface area contributed by atoms with Crippen LogP contribution in [0, 0.1) is 6.92 Å². The highest BCUT2D eigenvalue weighted by Gasteiger charge is 2.33. The molecule has 9 heteroatoms. The maximum absolute atomic E-state index is 13.0. The molecular formula is C22H24N4O4S. The van der Waals surface area contributed by atoms with Crippen LogP contribution in [0.3, 0.4) is 0 Å². The van der Waals surface area contributed by atoms with Crippen LogP contribution in [0.2, 0.25) is 0 Å². The number of benzene rings is 2. The Balaban J connectivity index is 1.46. The zero-order valence-electron chi connectivity index (χ0n) is 17.3. The number of carbonyl (C=O) groups is 2. The van der Waals surface area contributed by atoms with E-state index >= 15 is 0 Å². The molecule has 0 aromatic heterocycles. The number of sulfonamides is 1. The van der Waals surface area contributed by atoms with E-state index in [0.29, 0.717) is 11.4 Å². The molecule has 2 aliphatic rings. The minimum atomic E-state index is -3.58. The first-order chi connectivity index (χ1) is 14.9. The first-order valence-corrected chi connectivity index (χ1v) is 11.6. The summed E-state index contributed by atoms with van der Waals surface area (Å²) in [4.78, 5) is 27.2. The van der Waals surface area contributed by atoms with E-state index in [0.717, 1.165) is 5.56 Å². The highest BCUT2D eigenvalue weighted by atomic mass is 32.2. The van der Waals surface area contributed by atoms with E-state index in [4.69, 9.17) is 0 Å². The lowest BCUT2D eigenvalue weighted by Gasteiger charge is -2.35. The molecule has 1 saturated heterocycles. The van der Waals surface area contributed by atoms with Crippen LogP contribution in [0.1, 0.15) is 18.4 Å². The Hall–Kier alpha value is -3.04. The zero-order valence-corrected chi connectivity index (χ0v) is 18.1. The van der Waals surface area contributed by atoms with Gasteiger partial charge in [-0.3, -0.25) is 9.59 Å². The molecule has 0 spiro atoms. The van der Waals surface area contributed by atoms with Crippen molar-refractivity contribution in [2.75, 3.05) is 31.2 Å². The van der Waals surface area contributed by atoms with Gasteiger partial charge in [-0.1, -0.05) is 30.3 Å². The van der Waals surface area contributed by atoms with E-state index in [1.54, 1.807) is 41.3 Å². The van der Waals surface area contributed by atoms with Gasteiger partial charge >= 0.3 is 0 Å². The summed E-state index contributed by atoms with van der Waals surface area (Å²) in [6, 6.07) is 15.7. The molecule has 0 aliphatic carbocycles. The summed E-state index contributed by atoms with van der Waals surface area (Å²) in [5, 5.41) is 5.63. The van der Waals surface area contributed by atoms with E-state index in [-0.39, 0.29) is 55.7 Å². The lowest BCUT2D eigenvalue weighted by Crippen LogP contribution is -2.52. The van der Waals surface area contributed by atoms with Crippen molar-refractivity contribution in [1.82, 2.24) is 9.21 Å². The molecule has 2 aromatic rings. The van der Waals surface area contributed by atoms with Crippen LogP contribution in [0.25, 0.3) is 0 Å². The third-order valence-electron chi connectivity index (χ3n) is 5.43. The largest absolute Gasteiger partial charge is 0.335 e. The first kappa shape index (κ1) is 21.2. The fraction of sp³-hybridized carbons (Fsp3) is 0.318. The van der Waals surface area contributed by atoms with Gasteiger partial charge in [-0.05, 0) is 36.8 Å². The smallest absolute Gasteiger partial charge is 0.270 e. The lowest BCUT2D eigenvalue weighted by atomic mass is 10.1. The Morgan fingerprint density at radius 2 is 1.65 bits per heavy atom. The average molecular weight is 441 g/mol. The molecule has 0 saturated carbocycles. The van der Waals surface area contributed by atoms with Gasteiger partial charge in [-0.25, -0.2) is 13.4 Å². The molecule has 31 heavy (non-hydrogen) atoms. The second kappa shape index (κ2) is 8.60. The van der Waals surface area contributed by atoms with E-state index in [2.05, 4.69) is 5.10 Å². The van der Waals surface area contributed by atoms with Gasteiger partial charge in [-0.2, -0.15) is 9.41 Å². The normalized spacial score (nSPS) is 18.1. The molecule has 162 valence electrons. The SMILES string of the molecule is Cc1cccc(N2N=C(C(=O)N3CCN(S(=O)(=O)c4ccccc4)CC3)CCC2=O)c1. The molecule has 8 nitrogen and oxygen atoms in total. The van der Waals surface area contributed by atoms with Crippen LogP contribution in [-0.4, -0.2) is 61.3 Å². The van der Waals surface area contributed by atoms with Gasteiger partial charge in [0.1, 0.15) is 5.71 Å². The van der Waals surface area contributed by atoms with E-state index in [1.807, 2.05) is 25.1 Å². The molecule has 2 aliphatic heterocycles. The lowest BCUT2D eigenvalue weighted by molar-refractivity contribution is -0.125. The fourth-order valence-corrected chi connectivity index (χ4v) is 5.17. The second-order valence-electron chi connectivity index (χ2n) is 7.60. The predicted molar refractivity (Wildman–Crippen MR) is 117 cm³/mol. The minimum Gasteiger partial charge on any atom is -0.335 e. The van der Waals surface area contributed by atoms with Gasteiger partial charge in [0.2, 0.25) is 15.9 Å². The number of anilines is 1. The van der Waals surface area contributed by atoms with Crippen LogP contribution < -0.4 is 5.01 Å². The molecular weight excluding hydrogens is 416 g/mol. The zero-order chi connectivity index (χ0) is 22.0. The maximum atomic E-state index is 13.0. The molecule has 0 atom stereocenters. The Morgan fingerprint density at radius 1 is 0.935 bits per heavy atom. The summed E-state index contributed by atoms with van der Waals surface area (Å²) in [6.45, 7) is 2.93. The summed E-state index contributed by atoms with van der Waals surface area (Å²) >= 11 is 0.